The molecule has 184 valence electrons. The molecule has 8 nitrogen and oxygen atoms in total. The van der Waals surface area contributed by atoms with Crippen molar-refractivity contribution in [2.45, 2.75) is 43.4 Å². The molecule has 33 heavy (non-hydrogen) atoms. The first-order chi connectivity index (χ1) is 16.0. The van der Waals surface area contributed by atoms with Crippen LogP contribution in [0.3, 0.4) is 0 Å². The number of hydrogen-bond acceptors (Lipinski definition) is 6. The Balaban J connectivity index is 1.42. The Kier molecular flexibility index (Phi) is 8.27. The van der Waals surface area contributed by atoms with Crippen molar-refractivity contribution < 1.29 is 17.9 Å². The molecule has 0 bridgehead atoms. The van der Waals surface area contributed by atoms with Crippen LogP contribution in [-0.2, 0) is 10.0 Å². The molecular formula is C24H38N4O4S. The average Bonchev–Trinajstić information content (AvgIpc) is 3.21. The summed E-state index contributed by atoms with van der Waals surface area (Å²) in [6, 6.07) is 4.69. The number of piperazine rings is 1. The van der Waals surface area contributed by atoms with Gasteiger partial charge in [0.05, 0.1) is 17.6 Å². The SMILES string of the molecule is COc1ccc(S(=O)(=O)N2CCCCCC2)cc1C(=O)N1CCN(CCN2CCCC2)CC1. The summed E-state index contributed by atoms with van der Waals surface area (Å²) in [6.07, 6.45) is 6.48. The molecule has 3 aliphatic rings. The second-order valence-corrected chi connectivity index (χ2v) is 11.3. The fraction of sp³-hybridized carbons (Fsp3) is 0.708. The first kappa shape index (κ1) is 24.4. The third kappa shape index (κ3) is 5.88. The van der Waals surface area contributed by atoms with Crippen LogP contribution in [0, 0.1) is 0 Å². The number of methoxy groups -OCH3 is 1. The van der Waals surface area contributed by atoms with Gasteiger partial charge in [0.15, 0.2) is 0 Å². The van der Waals surface area contributed by atoms with Crippen molar-refractivity contribution in [2.24, 2.45) is 0 Å². The van der Waals surface area contributed by atoms with Gasteiger partial charge >= 0.3 is 0 Å². The molecule has 0 atom stereocenters. The highest BCUT2D eigenvalue weighted by atomic mass is 32.2. The van der Waals surface area contributed by atoms with Gasteiger partial charge in [-0.05, 0) is 57.0 Å². The first-order valence-corrected chi connectivity index (χ1v) is 13.9. The average molecular weight is 479 g/mol. The van der Waals surface area contributed by atoms with E-state index in [1.807, 2.05) is 4.90 Å². The lowest BCUT2D eigenvalue weighted by Gasteiger charge is -2.35. The molecule has 3 aliphatic heterocycles. The largest absolute Gasteiger partial charge is 0.496 e. The molecule has 0 aromatic heterocycles. The third-order valence-electron chi connectivity index (χ3n) is 7.19. The van der Waals surface area contributed by atoms with Crippen LogP contribution in [0.2, 0.25) is 0 Å². The molecule has 4 rings (SSSR count). The molecule has 1 aromatic carbocycles. The Bertz CT molecular complexity index is 901. The number of carbonyl (C=O) groups excluding carboxylic acids is 1. The van der Waals surface area contributed by atoms with E-state index in [4.69, 9.17) is 4.74 Å². The Labute approximate surface area is 198 Å². The van der Waals surface area contributed by atoms with Gasteiger partial charge in [-0.15, -0.1) is 0 Å². The summed E-state index contributed by atoms with van der Waals surface area (Å²) in [7, 11) is -2.11. The molecule has 0 unspecified atom stereocenters. The predicted octanol–water partition coefficient (Wildman–Crippen LogP) is 2.11. The van der Waals surface area contributed by atoms with E-state index in [-0.39, 0.29) is 10.8 Å². The second kappa shape index (κ2) is 11.2. The number of likely N-dealkylation sites (tertiary alicyclic amines) is 1. The minimum atomic E-state index is -3.63. The molecule has 0 spiro atoms. The van der Waals surface area contributed by atoms with Crippen LogP contribution in [0.1, 0.15) is 48.9 Å². The van der Waals surface area contributed by atoms with Crippen molar-refractivity contribution in [3.63, 3.8) is 0 Å². The smallest absolute Gasteiger partial charge is 0.257 e. The number of rotatable bonds is 7. The summed E-state index contributed by atoms with van der Waals surface area (Å²) in [5.74, 6) is 0.269. The van der Waals surface area contributed by atoms with E-state index in [1.54, 1.807) is 16.4 Å². The van der Waals surface area contributed by atoms with Crippen LogP contribution in [-0.4, -0.2) is 106 Å². The van der Waals surface area contributed by atoms with E-state index in [0.717, 1.165) is 51.9 Å². The molecule has 3 saturated heterocycles. The van der Waals surface area contributed by atoms with E-state index < -0.39 is 10.0 Å². The van der Waals surface area contributed by atoms with Crippen LogP contribution in [0.15, 0.2) is 23.1 Å². The van der Waals surface area contributed by atoms with Crippen molar-refractivity contribution in [3.05, 3.63) is 23.8 Å². The zero-order valence-corrected chi connectivity index (χ0v) is 20.7. The van der Waals surface area contributed by atoms with Gasteiger partial charge in [-0.2, -0.15) is 4.31 Å². The Hall–Kier alpha value is -1.68. The van der Waals surface area contributed by atoms with Crippen LogP contribution in [0.4, 0.5) is 0 Å². The maximum atomic E-state index is 13.4. The molecule has 9 heteroatoms. The van der Waals surface area contributed by atoms with Gasteiger partial charge in [0.2, 0.25) is 10.0 Å². The lowest BCUT2D eigenvalue weighted by molar-refractivity contribution is 0.0623. The highest BCUT2D eigenvalue weighted by Gasteiger charge is 2.29. The minimum absolute atomic E-state index is 0.154. The van der Waals surface area contributed by atoms with Gasteiger partial charge in [-0.3, -0.25) is 9.69 Å². The fourth-order valence-electron chi connectivity index (χ4n) is 5.08. The van der Waals surface area contributed by atoms with Crippen molar-refractivity contribution >= 4 is 15.9 Å². The number of ether oxygens (including phenoxy) is 1. The normalized spacial score (nSPS) is 21.8. The van der Waals surface area contributed by atoms with Crippen LogP contribution in [0.5, 0.6) is 5.75 Å². The standard InChI is InChI=1S/C24H38N4O4S/c1-32-23-9-8-21(33(30,31)28-12-4-2-3-5-13-28)20-22(23)24(29)27-18-16-26(17-19-27)15-14-25-10-6-7-11-25/h8-9,20H,2-7,10-19H2,1H3. The van der Waals surface area contributed by atoms with Gasteiger partial charge in [0, 0.05) is 52.4 Å². The summed E-state index contributed by atoms with van der Waals surface area (Å²) in [5, 5.41) is 0. The van der Waals surface area contributed by atoms with Crippen LogP contribution >= 0.6 is 0 Å². The van der Waals surface area contributed by atoms with E-state index >= 15 is 0 Å². The number of amides is 1. The Morgan fingerprint density at radius 3 is 2.00 bits per heavy atom. The topological polar surface area (TPSA) is 73.4 Å². The number of hydrogen-bond donors (Lipinski definition) is 0. The molecule has 1 amide bonds. The molecule has 3 fully saturated rings. The van der Waals surface area contributed by atoms with Crippen LogP contribution in [0.25, 0.3) is 0 Å². The molecule has 3 heterocycles. The van der Waals surface area contributed by atoms with Gasteiger partial charge in [-0.1, -0.05) is 12.8 Å². The third-order valence-corrected chi connectivity index (χ3v) is 9.09. The van der Waals surface area contributed by atoms with Crippen molar-refractivity contribution in [3.8, 4) is 5.75 Å². The van der Waals surface area contributed by atoms with E-state index in [2.05, 4.69) is 9.80 Å². The lowest BCUT2D eigenvalue weighted by atomic mass is 10.1. The van der Waals surface area contributed by atoms with Crippen molar-refractivity contribution in [1.29, 1.82) is 0 Å². The van der Waals surface area contributed by atoms with Crippen LogP contribution < -0.4 is 4.74 Å². The maximum Gasteiger partial charge on any atom is 0.257 e. The van der Waals surface area contributed by atoms with E-state index in [9.17, 15) is 13.2 Å². The number of benzene rings is 1. The zero-order chi connectivity index (χ0) is 23.3. The van der Waals surface area contributed by atoms with E-state index in [1.165, 1.54) is 39.1 Å². The van der Waals surface area contributed by atoms with Gasteiger partial charge in [0.1, 0.15) is 5.75 Å². The molecule has 0 aliphatic carbocycles. The quantitative estimate of drug-likeness (QED) is 0.598. The predicted molar refractivity (Wildman–Crippen MR) is 128 cm³/mol. The summed E-state index contributed by atoms with van der Waals surface area (Å²) in [4.78, 5) is 20.3. The molecule has 0 radical (unpaired) electrons. The first-order valence-electron chi connectivity index (χ1n) is 12.4. The molecule has 0 N–H and O–H groups in total. The monoisotopic (exact) mass is 478 g/mol. The summed E-state index contributed by atoms with van der Waals surface area (Å²) < 4.78 is 33.5. The summed E-state index contributed by atoms with van der Waals surface area (Å²) in [6.45, 7) is 8.59. The molecule has 0 saturated carbocycles. The van der Waals surface area contributed by atoms with E-state index in [0.29, 0.717) is 37.5 Å². The van der Waals surface area contributed by atoms with Crippen molar-refractivity contribution in [1.82, 2.24) is 19.0 Å². The van der Waals surface area contributed by atoms with Gasteiger partial charge in [0.25, 0.3) is 5.91 Å². The fourth-order valence-corrected chi connectivity index (χ4v) is 6.62. The lowest BCUT2D eigenvalue weighted by Crippen LogP contribution is -2.50. The zero-order valence-electron chi connectivity index (χ0n) is 19.9. The Morgan fingerprint density at radius 2 is 1.39 bits per heavy atom. The number of nitrogens with zero attached hydrogens (tertiary/aromatic N) is 4. The van der Waals surface area contributed by atoms with Gasteiger partial charge < -0.3 is 14.5 Å². The molecule has 1 aromatic rings. The maximum absolute atomic E-state index is 13.4. The number of carbonyl (C=O) groups is 1. The second-order valence-electron chi connectivity index (χ2n) is 9.36. The summed E-state index contributed by atoms with van der Waals surface area (Å²) in [5.41, 5.74) is 0.332. The highest BCUT2D eigenvalue weighted by molar-refractivity contribution is 7.89. The number of sulfonamides is 1. The summed E-state index contributed by atoms with van der Waals surface area (Å²) >= 11 is 0. The van der Waals surface area contributed by atoms with Gasteiger partial charge in [-0.25, -0.2) is 8.42 Å². The molecular weight excluding hydrogens is 440 g/mol. The Morgan fingerprint density at radius 1 is 0.818 bits per heavy atom. The van der Waals surface area contributed by atoms with Crippen molar-refractivity contribution in [2.75, 3.05) is 72.6 Å². The minimum Gasteiger partial charge on any atom is -0.496 e. The highest BCUT2D eigenvalue weighted by Crippen LogP contribution is 2.27.